The van der Waals surface area contributed by atoms with E-state index in [-0.39, 0.29) is 11.8 Å². The molecule has 1 aliphatic heterocycles. The highest BCUT2D eigenvalue weighted by molar-refractivity contribution is 7.98. The third-order valence-corrected chi connectivity index (χ3v) is 4.20. The first kappa shape index (κ1) is 14.3. The Kier molecular flexibility index (Phi) is 5.66. The summed E-state index contributed by atoms with van der Waals surface area (Å²) in [6.45, 7) is 4.00. The zero-order valence-electron chi connectivity index (χ0n) is 11.3. The van der Waals surface area contributed by atoms with Crippen molar-refractivity contribution in [3.63, 3.8) is 0 Å². The van der Waals surface area contributed by atoms with Gasteiger partial charge in [-0.1, -0.05) is 6.92 Å². The van der Waals surface area contributed by atoms with Crippen LogP contribution in [0.5, 0.6) is 0 Å². The van der Waals surface area contributed by atoms with Gasteiger partial charge in [-0.2, -0.15) is 11.8 Å². The molecule has 0 radical (unpaired) electrons. The van der Waals surface area contributed by atoms with Gasteiger partial charge in [-0.25, -0.2) is 4.98 Å². The summed E-state index contributed by atoms with van der Waals surface area (Å²) < 4.78 is 0. The molecule has 5 heteroatoms. The van der Waals surface area contributed by atoms with E-state index in [0.717, 1.165) is 37.4 Å². The quantitative estimate of drug-likeness (QED) is 0.868. The molecular weight excluding hydrogens is 258 g/mol. The van der Waals surface area contributed by atoms with Crippen LogP contribution in [0.25, 0.3) is 0 Å². The van der Waals surface area contributed by atoms with Crippen LogP contribution < -0.4 is 10.6 Å². The molecule has 0 aromatic carbocycles. The third-order valence-electron chi connectivity index (χ3n) is 3.26. The van der Waals surface area contributed by atoms with Crippen LogP contribution in [0.3, 0.4) is 0 Å². The SMILES string of the molecule is CCSCc1ccnc(NC(=O)C2CCNCC2)c1. The molecule has 0 saturated carbocycles. The van der Waals surface area contributed by atoms with Crippen LogP contribution in [-0.2, 0) is 10.5 Å². The average molecular weight is 279 g/mol. The molecule has 19 heavy (non-hydrogen) atoms. The second kappa shape index (κ2) is 7.50. The zero-order chi connectivity index (χ0) is 13.5. The Morgan fingerprint density at radius 1 is 1.53 bits per heavy atom. The van der Waals surface area contributed by atoms with Crippen LogP contribution in [-0.4, -0.2) is 29.7 Å². The Morgan fingerprint density at radius 3 is 3.05 bits per heavy atom. The van der Waals surface area contributed by atoms with Crippen LogP contribution in [0.1, 0.15) is 25.3 Å². The summed E-state index contributed by atoms with van der Waals surface area (Å²) in [6, 6.07) is 3.98. The number of hydrogen-bond donors (Lipinski definition) is 2. The molecule has 0 spiro atoms. The van der Waals surface area contributed by atoms with Crippen molar-refractivity contribution < 1.29 is 4.79 Å². The summed E-state index contributed by atoms with van der Waals surface area (Å²) in [5, 5.41) is 6.21. The molecule has 1 fully saturated rings. The minimum Gasteiger partial charge on any atom is -0.317 e. The van der Waals surface area contributed by atoms with Crippen LogP contribution in [0, 0.1) is 5.92 Å². The first-order chi connectivity index (χ1) is 9.29. The first-order valence-corrected chi connectivity index (χ1v) is 7.99. The average Bonchev–Trinajstić information content (AvgIpc) is 2.46. The molecule has 2 N–H and O–H groups in total. The Labute approximate surface area is 118 Å². The number of rotatable bonds is 5. The molecule has 0 atom stereocenters. The van der Waals surface area contributed by atoms with Crippen molar-refractivity contribution in [1.82, 2.24) is 10.3 Å². The molecule has 2 rings (SSSR count). The van der Waals surface area contributed by atoms with Crippen molar-refractivity contribution in [3.05, 3.63) is 23.9 Å². The smallest absolute Gasteiger partial charge is 0.228 e. The monoisotopic (exact) mass is 279 g/mol. The summed E-state index contributed by atoms with van der Waals surface area (Å²) in [4.78, 5) is 16.3. The van der Waals surface area contributed by atoms with Gasteiger partial charge in [0.05, 0.1) is 0 Å². The number of amides is 1. The number of aromatic nitrogens is 1. The summed E-state index contributed by atoms with van der Waals surface area (Å²) in [7, 11) is 0. The molecule has 1 saturated heterocycles. The molecule has 1 amide bonds. The number of pyridine rings is 1. The third kappa shape index (κ3) is 4.51. The lowest BCUT2D eigenvalue weighted by Crippen LogP contribution is -2.34. The highest BCUT2D eigenvalue weighted by Crippen LogP contribution is 2.17. The summed E-state index contributed by atoms with van der Waals surface area (Å²) in [5.41, 5.74) is 1.21. The van der Waals surface area contributed by atoms with Crippen LogP contribution in [0.15, 0.2) is 18.3 Å². The molecule has 104 valence electrons. The molecule has 1 aliphatic rings. The fraction of sp³-hybridized carbons (Fsp3) is 0.571. The van der Waals surface area contributed by atoms with Crippen LogP contribution in [0.4, 0.5) is 5.82 Å². The van der Waals surface area contributed by atoms with Crippen molar-refractivity contribution in [2.24, 2.45) is 5.92 Å². The standard InChI is InChI=1S/C14H21N3OS/c1-2-19-10-11-3-8-16-13(9-11)17-14(18)12-4-6-15-7-5-12/h3,8-9,12,15H,2,4-7,10H2,1H3,(H,16,17,18). The number of hydrogen-bond acceptors (Lipinski definition) is 4. The van der Waals surface area contributed by atoms with E-state index in [2.05, 4.69) is 22.5 Å². The predicted molar refractivity (Wildman–Crippen MR) is 80.3 cm³/mol. The first-order valence-electron chi connectivity index (χ1n) is 6.84. The van der Waals surface area contributed by atoms with Crippen molar-refractivity contribution in [1.29, 1.82) is 0 Å². The van der Waals surface area contributed by atoms with Crippen molar-refractivity contribution in [3.8, 4) is 0 Å². The summed E-state index contributed by atoms with van der Waals surface area (Å²) in [5.74, 6) is 2.97. The lowest BCUT2D eigenvalue weighted by atomic mass is 9.97. The van der Waals surface area contributed by atoms with Crippen molar-refractivity contribution in [2.75, 3.05) is 24.2 Å². The highest BCUT2D eigenvalue weighted by Gasteiger charge is 2.21. The van der Waals surface area contributed by atoms with Crippen LogP contribution >= 0.6 is 11.8 Å². The van der Waals surface area contributed by atoms with E-state index in [1.54, 1.807) is 6.20 Å². The topological polar surface area (TPSA) is 54.0 Å². The van der Waals surface area contributed by atoms with Crippen molar-refractivity contribution >= 4 is 23.5 Å². The van der Waals surface area contributed by atoms with E-state index in [0.29, 0.717) is 5.82 Å². The van der Waals surface area contributed by atoms with Gasteiger partial charge < -0.3 is 10.6 Å². The Hall–Kier alpha value is -1.07. The fourth-order valence-electron chi connectivity index (χ4n) is 2.16. The number of anilines is 1. The van der Waals surface area contributed by atoms with Crippen LogP contribution in [0.2, 0.25) is 0 Å². The Morgan fingerprint density at radius 2 is 2.32 bits per heavy atom. The normalized spacial score (nSPS) is 16.3. The maximum atomic E-state index is 12.1. The Bertz CT molecular complexity index is 419. The summed E-state index contributed by atoms with van der Waals surface area (Å²) in [6.07, 6.45) is 3.60. The number of carbonyl (C=O) groups is 1. The molecule has 0 aliphatic carbocycles. The van der Waals surface area contributed by atoms with Gasteiger partial charge in [0.15, 0.2) is 0 Å². The molecular formula is C14H21N3OS. The predicted octanol–water partition coefficient (Wildman–Crippen LogP) is 2.27. The molecule has 2 heterocycles. The number of thioether (sulfide) groups is 1. The van der Waals surface area contributed by atoms with Gasteiger partial charge >= 0.3 is 0 Å². The second-order valence-corrected chi connectivity index (χ2v) is 5.97. The van der Waals surface area contributed by atoms with Gasteiger partial charge in [0.25, 0.3) is 0 Å². The summed E-state index contributed by atoms with van der Waals surface area (Å²) >= 11 is 1.87. The number of nitrogens with zero attached hydrogens (tertiary/aromatic N) is 1. The lowest BCUT2D eigenvalue weighted by molar-refractivity contribution is -0.120. The van der Waals surface area contributed by atoms with E-state index in [1.807, 2.05) is 23.9 Å². The van der Waals surface area contributed by atoms with Gasteiger partial charge in [0, 0.05) is 17.9 Å². The van der Waals surface area contributed by atoms with Gasteiger partial charge in [0.2, 0.25) is 5.91 Å². The largest absolute Gasteiger partial charge is 0.317 e. The second-order valence-electron chi connectivity index (χ2n) is 4.70. The van der Waals surface area contributed by atoms with Gasteiger partial charge in [0.1, 0.15) is 5.82 Å². The molecule has 0 bridgehead atoms. The molecule has 1 aromatic heterocycles. The van der Waals surface area contributed by atoms with Gasteiger partial charge in [-0.15, -0.1) is 0 Å². The highest BCUT2D eigenvalue weighted by atomic mass is 32.2. The maximum absolute atomic E-state index is 12.1. The molecule has 0 unspecified atom stereocenters. The fourth-order valence-corrected chi connectivity index (χ4v) is 2.78. The lowest BCUT2D eigenvalue weighted by Gasteiger charge is -2.21. The minimum atomic E-state index is 0.106. The van der Waals surface area contributed by atoms with Gasteiger partial charge in [-0.05, 0) is 49.4 Å². The number of nitrogens with one attached hydrogen (secondary N) is 2. The number of carbonyl (C=O) groups excluding carboxylic acids is 1. The van der Waals surface area contributed by atoms with E-state index in [9.17, 15) is 4.79 Å². The van der Waals surface area contributed by atoms with Gasteiger partial charge in [-0.3, -0.25) is 4.79 Å². The minimum absolute atomic E-state index is 0.106. The molecule has 4 nitrogen and oxygen atoms in total. The van der Waals surface area contributed by atoms with Crippen molar-refractivity contribution in [2.45, 2.75) is 25.5 Å². The van der Waals surface area contributed by atoms with E-state index in [4.69, 9.17) is 0 Å². The zero-order valence-corrected chi connectivity index (χ0v) is 12.1. The van der Waals surface area contributed by atoms with E-state index < -0.39 is 0 Å². The van der Waals surface area contributed by atoms with E-state index >= 15 is 0 Å². The van der Waals surface area contributed by atoms with E-state index in [1.165, 1.54) is 5.56 Å². The Balaban J connectivity index is 1.92. The maximum Gasteiger partial charge on any atom is 0.228 e. The number of piperidine rings is 1. The molecule has 1 aromatic rings.